The first-order valence-corrected chi connectivity index (χ1v) is 4.78. The zero-order chi connectivity index (χ0) is 11.3. The van der Waals surface area contributed by atoms with Gasteiger partial charge in [-0.05, 0) is 13.8 Å². The first-order valence-electron chi connectivity index (χ1n) is 4.78. The number of nitrogens with zero attached hydrogens (tertiary/aromatic N) is 2. The van der Waals surface area contributed by atoms with Crippen LogP contribution in [0.2, 0.25) is 0 Å². The highest BCUT2D eigenvalue weighted by Gasteiger charge is 2.23. The van der Waals surface area contributed by atoms with E-state index in [1.54, 1.807) is 32.4 Å². The number of carbonyl (C=O) groups is 1. The van der Waals surface area contributed by atoms with Crippen LogP contribution in [0.25, 0.3) is 0 Å². The van der Waals surface area contributed by atoms with Gasteiger partial charge in [-0.2, -0.15) is 0 Å². The third-order valence-electron chi connectivity index (χ3n) is 2.16. The van der Waals surface area contributed by atoms with E-state index in [0.29, 0.717) is 13.1 Å². The maximum absolute atomic E-state index is 11.0. The standard InChI is InChI=1S/C10H16N4O/c1-10(2,9(11)15)7-13-6-8-5-12-3-4-14-8/h3-5,13H,6-7H2,1-2H3,(H2,11,15). The Bertz CT molecular complexity index is 323. The van der Waals surface area contributed by atoms with Crippen molar-refractivity contribution in [2.24, 2.45) is 11.1 Å². The number of aromatic nitrogens is 2. The van der Waals surface area contributed by atoms with E-state index in [1.165, 1.54) is 0 Å². The van der Waals surface area contributed by atoms with Crippen molar-refractivity contribution in [1.29, 1.82) is 0 Å². The summed E-state index contributed by atoms with van der Waals surface area (Å²) in [4.78, 5) is 19.1. The van der Waals surface area contributed by atoms with Crippen LogP contribution in [0.3, 0.4) is 0 Å². The minimum absolute atomic E-state index is 0.311. The van der Waals surface area contributed by atoms with Crippen molar-refractivity contribution in [1.82, 2.24) is 15.3 Å². The Morgan fingerprint density at radius 1 is 1.53 bits per heavy atom. The number of amides is 1. The molecule has 3 N–H and O–H groups in total. The predicted octanol–water partition coefficient (Wildman–Crippen LogP) is 0.0777. The summed E-state index contributed by atoms with van der Waals surface area (Å²) in [5.74, 6) is -0.311. The Labute approximate surface area is 89.1 Å². The lowest BCUT2D eigenvalue weighted by Gasteiger charge is -2.20. The van der Waals surface area contributed by atoms with Crippen molar-refractivity contribution in [3.8, 4) is 0 Å². The summed E-state index contributed by atoms with van der Waals surface area (Å²) in [7, 11) is 0. The normalized spacial score (nSPS) is 11.3. The van der Waals surface area contributed by atoms with Gasteiger partial charge in [-0.25, -0.2) is 0 Å². The number of hydrogen-bond donors (Lipinski definition) is 2. The molecule has 0 aliphatic rings. The molecule has 0 spiro atoms. The maximum Gasteiger partial charge on any atom is 0.224 e. The van der Waals surface area contributed by atoms with E-state index in [9.17, 15) is 4.79 Å². The van der Waals surface area contributed by atoms with Crippen LogP contribution in [0.4, 0.5) is 0 Å². The Morgan fingerprint density at radius 2 is 2.27 bits per heavy atom. The van der Waals surface area contributed by atoms with Crippen molar-refractivity contribution in [2.75, 3.05) is 6.54 Å². The molecular weight excluding hydrogens is 192 g/mol. The highest BCUT2D eigenvalue weighted by molar-refractivity contribution is 5.80. The molecule has 0 bridgehead atoms. The molecule has 1 rings (SSSR count). The molecule has 0 aliphatic heterocycles. The van der Waals surface area contributed by atoms with Crippen LogP contribution in [0.1, 0.15) is 19.5 Å². The van der Waals surface area contributed by atoms with Gasteiger partial charge in [-0.3, -0.25) is 14.8 Å². The third-order valence-corrected chi connectivity index (χ3v) is 2.16. The Hall–Kier alpha value is -1.49. The molecule has 0 aromatic carbocycles. The molecule has 5 heteroatoms. The molecule has 1 aromatic rings. The lowest BCUT2D eigenvalue weighted by atomic mass is 9.93. The van der Waals surface area contributed by atoms with Crippen molar-refractivity contribution < 1.29 is 4.79 Å². The molecule has 15 heavy (non-hydrogen) atoms. The molecule has 0 saturated carbocycles. The molecule has 1 heterocycles. The monoisotopic (exact) mass is 208 g/mol. The second kappa shape index (κ2) is 4.84. The highest BCUT2D eigenvalue weighted by Crippen LogP contribution is 2.11. The summed E-state index contributed by atoms with van der Waals surface area (Å²) < 4.78 is 0. The second-order valence-electron chi connectivity index (χ2n) is 4.05. The van der Waals surface area contributed by atoms with Crippen molar-refractivity contribution in [2.45, 2.75) is 20.4 Å². The minimum atomic E-state index is -0.539. The van der Waals surface area contributed by atoms with Crippen molar-refractivity contribution in [3.05, 3.63) is 24.3 Å². The van der Waals surface area contributed by atoms with Crippen LogP contribution in [-0.4, -0.2) is 22.4 Å². The quantitative estimate of drug-likeness (QED) is 0.718. The van der Waals surface area contributed by atoms with Crippen LogP contribution >= 0.6 is 0 Å². The molecule has 1 aromatic heterocycles. The summed E-state index contributed by atoms with van der Waals surface area (Å²) in [6, 6.07) is 0. The molecule has 0 fully saturated rings. The smallest absolute Gasteiger partial charge is 0.224 e. The molecule has 0 radical (unpaired) electrons. The van der Waals surface area contributed by atoms with Crippen molar-refractivity contribution >= 4 is 5.91 Å². The minimum Gasteiger partial charge on any atom is -0.369 e. The molecule has 0 saturated heterocycles. The molecule has 1 amide bonds. The summed E-state index contributed by atoms with van der Waals surface area (Å²) in [5.41, 5.74) is 5.55. The summed E-state index contributed by atoms with van der Waals surface area (Å²) in [5, 5.41) is 3.12. The second-order valence-corrected chi connectivity index (χ2v) is 4.05. The largest absolute Gasteiger partial charge is 0.369 e. The Kier molecular flexibility index (Phi) is 3.74. The molecule has 0 aliphatic carbocycles. The molecule has 0 atom stereocenters. The van der Waals surface area contributed by atoms with E-state index in [1.807, 2.05) is 0 Å². The topological polar surface area (TPSA) is 80.9 Å². The van der Waals surface area contributed by atoms with E-state index in [-0.39, 0.29) is 5.91 Å². The molecular formula is C10H16N4O. The van der Waals surface area contributed by atoms with Crippen molar-refractivity contribution in [3.63, 3.8) is 0 Å². The van der Waals surface area contributed by atoms with E-state index in [0.717, 1.165) is 5.69 Å². The lowest BCUT2D eigenvalue weighted by molar-refractivity contribution is -0.125. The average Bonchev–Trinajstić information content (AvgIpc) is 2.19. The van der Waals surface area contributed by atoms with E-state index in [4.69, 9.17) is 5.73 Å². The Morgan fingerprint density at radius 3 is 2.80 bits per heavy atom. The van der Waals surface area contributed by atoms with Gasteiger partial charge in [0.2, 0.25) is 5.91 Å². The third kappa shape index (κ3) is 3.63. The van der Waals surface area contributed by atoms with E-state index < -0.39 is 5.41 Å². The molecule has 5 nitrogen and oxygen atoms in total. The van der Waals surface area contributed by atoms with Gasteiger partial charge < -0.3 is 11.1 Å². The fourth-order valence-electron chi connectivity index (χ4n) is 1.01. The van der Waals surface area contributed by atoms with E-state index in [2.05, 4.69) is 15.3 Å². The fourth-order valence-corrected chi connectivity index (χ4v) is 1.01. The van der Waals surface area contributed by atoms with E-state index >= 15 is 0 Å². The van der Waals surface area contributed by atoms with Gasteiger partial charge in [0.05, 0.1) is 11.1 Å². The average molecular weight is 208 g/mol. The zero-order valence-corrected chi connectivity index (χ0v) is 9.03. The van der Waals surface area contributed by atoms with Gasteiger partial charge >= 0.3 is 0 Å². The van der Waals surface area contributed by atoms with Crippen LogP contribution in [-0.2, 0) is 11.3 Å². The first kappa shape index (κ1) is 11.6. The molecule has 82 valence electrons. The van der Waals surface area contributed by atoms with Gasteiger partial charge in [-0.1, -0.05) is 0 Å². The number of carbonyl (C=O) groups excluding carboxylic acids is 1. The van der Waals surface area contributed by atoms with Crippen LogP contribution in [0.5, 0.6) is 0 Å². The summed E-state index contributed by atoms with van der Waals surface area (Å²) in [6.07, 6.45) is 4.94. The lowest BCUT2D eigenvalue weighted by Crippen LogP contribution is -2.40. The number of nitrogens with two attached hydrogens (primary N) is 1. The van der Waals surface area contributed by atoms with Gasteiger partial charge in [0.25, 0.3) is 0 Å². The highest BCUT2D eigenvalue weighted by atomic mass is 16.1. The van der Waals surface area contributed by atoms with Crippen LogP contribution in [0, 0.1) is 5.41 Å². The summed E-state index contributed by atoms with van der Waals surface area (Å²) in [6.45, 7) is 4.72. The van der Waals surface area contributed by atoms with Gasteiger partial charge in [-0.15, -0.1) is 0 Å². The number of nitrogens with one attached hydrogen (secondary N) is 1. The number of primary amides is 1. The molecule has 0 unspecified atom stereocenters. The van der Waals surface area contributed by atoms with Gasteiger partial charge in [0.15, 0.2) is 0 Å². The van der Waals surface area contributed by atoms with Crippen LogP contribution < -0.4 is 11.1 Å². The fraction of sp³-hybridized carbons (Fsp3) is 0.500. The SMILES string of the molecule is CC(C)(CNCc1cnccn1)C(N)=O. The number of hydrogen-bond acceptors (Lipinski definition) is 4. The number of rotatable bonds is 5. The predicted molar refractivity (Wildman–Crippen MR) is 56.7 cm³/mol. The van der Waals surface area contributed by atoms with Gasteiger partial charge in [0, 0.05) is 31.7 Å². The first-order chi connectivity index (χ1) is 7.02. The zero-order valence-electron chi connectivity index (χ0n) is 9.03. The van der Waals surface area contributed by atoms with Gasteiger partial charge in [0.1, 0.15) is 0 Å². The van der Waals surface area contributed by atoms with Crippen LogP contribution in [0.15, 0.2) is 18.6 Å². The Balaban J connectivity index is 2.37. The maximum atomic E-state index is 11.0. The summed E-state index contributed by atoms with van der Waals surface area (Å²) >= 11 is 0.